The molecule has 0 unspecified atom stereocenters. The molecular formula is C13H15N3O3S2. The van der Waals surface area contributed by atoms with Crippen LogP contribution in [0.1, 0.15) is 42.8 Å². The van der Waals surface area contributed by atoms with E-state index in [2.05, 4.69) is 15.3 Å². The van der Waals surface area contributed by atoms with Gasteiger partial charge in [0.25, 0.3) is 5.91 Å². The van der Waals surface area contributed by atoms with Crippen molar-refractivity contribution in [2.75, 3.05) is 6.54 Å². The summed E-state index contributed by atoms with van der Waals surface area (Å²) in [6, 6.07) is 0. The maximum Gasteiger partial charge on any atom is 0.355 e. The zero-order chi connectivity index (χ0) is 15.4. The molecule has 0 aromatic carbocycles. The summed E-state index contributed by atoms with van der Waals surface area (Å²) in [7, 11) is 0. The summed E-state index contributed by atoms with van der Waals surface area (Å²) in [5.41, 5.74) is 0.795. The highest BCUT2D eigenvalue weighted by Gasteiger charge is 2.14. The highest BCUT2D eigenvalue weighted by atomic mass is 32.1. The van der Waals surface area contributed by atoms with Crippen LogP contribution in [0.5, 0.6) is 0 Å². The molecule has 6 nitrogen and oxygen atoms in total. The third kappa shape index (κ3) is 3.85. The van der Waals surface area contributed by atoms with Crippen molar-refractivity contribution < 1.29 is 14.7 Å². The Morgan fingerprint density at radius 3 is 2.67 bits per heavy atom. The molecule has 0 atom stereocenters. The van der Waals surface area contributed by atoms with Gasteiger partial charge in [0.2, 0.25) is 0 Å². The lowest BCUT2D eigenvalue weighted by Crippen LogP contribution is -2.25. The molecule has 2 N–H and O–H groups in total. The smallest absolute Gasteiger partial charge is 0.355 e. The largest absolute Gasteiger partial charge is 0.476 e. The molecular weight excluding hydrogens is 310 g/mol. The number of hydrogen-bond acceptors (Lipinski definition) is 6. The Bertz CT molecular complexity index is 663. The number of rotatable bonds is 6. The van der Waals surface area contributed by atoms with E-state index in [0.29, 0.717) is 22.9 Å². The molecule has 112 valence electrons. The van der Waals surface area contributed by atoms with Crippen molar-refractivity contribution in [2.24, 2.45) is 0 Å². The molecule has 2 heterocycles. The lowest BCUT2D eigenvalue weighted by molar-refractivity contribution is 0.0690. The number of carbonyl (C=O) groups is 2. The van der Waals surface area contributed by atoms with Crippen molar-refractivity contribution in [3.63, 3.8) is 0 Å². The van der Waals surface area contributed by atoms with Gasteiger partial charge in [-0.25, -0.2) is 14.8 Å². The second-order valence-corrected chi connectivity index (χ2v) is 6.34. The molecule has 0 saturated carbocycles. The lowest BCUT2D eigenvalue weighted by Gasteiger charge is -2.02. The molecule has 2 aromatic rings. The van der Waals surface area contributed by atoms with Crippen LogP contribution in [-0.4, -0.2) is 33.5 Å². The Hall–Kier alpha value is -1.80. The van der Waals surface area contributed by atoms with E-state index >= 15 is 0 Å². The minimum atomic E-state index is -1.03. The monoisotopic (exact) mass is 325 g/mol. The van der Waals surface area contributed by atoms with E-state index in [1.54, 1.807) is 0 Å². The number of thiazole rings is 2. The first-order valence-corrected chi connectivity index (χ1v) is 8.13. The number of aryl methyl sites for hydroxylation is 2. The van der Waals surface area contributed by atoms with E-state index < -0.39 is 5.97 Å². The van der Waals surface area contributed by atoms with E-state index in [1.165, 1.54) is 28.1 Å². The zero-order valence-corrected chi connectivity index (χ0v) is 13.3. The van der Waals surface area contributed by atoms with Crippen LogP contribution in [0.2, 0.25) is 0 Å². The SMILES string of the molecule is CCc1nc(C)c(C(=O)NCCc2nc(C(=O)O)cs2)s1. The molecule has 0 aliphatic rings. The first-order valence-electron chi connectivity index (χ1n) is 6.43. The Morgan fingerprint density at radius 2 is 2.10 bits per heavy atom. The second-order valence-electron chi connectivity index (χ2n) is 4.31. The predicted octanol–water partition coefficient (Wildman–Crippen LogP) is 2.14. The predicted molar refractivity (Wildman–Crippen MR) is 81.3 cm³/mol. The van der Waals surface area contributed by atoms with Crippen LogP contribution in [0, 0.1) is 6.92 Å². The minimum Gasteiger partial charge on any atom is -0.476 e. The topological polar surface area (TPSA) is 92.2 Å². The van der Waals surface area contributed by atoms with Gasteiger partial charge < -0.3 is 10.4 Å². The van der Waals surface area contributed by atoms with Crippen LogP contribution in [0.25, 0.3) is 0 Å². The average molecular weight is 325 g/mol. The Labute approximate surface area is 129 Å². The molecule has 0 saturated heterocycles. The van der Waals surface area contributed by atoms with Gasteiger partial charge in [-0.1, -0.05) is 6.92 Å². The zero-order valence-electron chi connectivity index (χ0n) is 11.7. The number of nitrogens with one attached hydrogen (secondary N) is 1. The van der Waals surface area contributed by atoms with Gasteiger partial charge in [-0.15, -0.1) is 22.7 Å². The summed E-state index contributed by atoms with van der Waals surface area (Å²) in [5, 5.41) is 14.7. The second kappa shape index (κ2) is 6.77. The summed E-state index contributed by atoms with van der Waals surface area (Å²) in [6.07, 6.45) is 1.33. The van der Waals surface area contributed by atoms with Gasteiger partial charge in [0.1, 0.15) is 4.88 Å². The molecule has 0 bridgehead atoms. The van der Waals surface area contributed by atoms with Gasteiger partial charge in [0, 0.05) is 18.3 Å². The number of aromatic nitrogens is 2. The summed E-state index contributed by atoms with van der Waals surface area (Å²) >= 11 is 2.69. The minimum absolute atomic E-state index is 0.0483. The fourth-order valence-corrected chi connectivity index (χ4v) is 3.39. The molecule has 8 heteroatoms. The normalized spacial score (nSPS) is 10.6. The van der Waals surface area contributed by atoms with Gasteiger partial charge in [0.15, 0.2) is 5.69 Å². The fourth-order valence-electron chi connectivity index (χ4n) is 1.70. The third-order valence-electron chi connectivity index (χ3n) is 2.74. The van der Waals surface area contributed by atoms with Gasteiger partial charge in [0.05, 0.1) is 15.7 Å². The van der Waals surface area contributed by atoms with Crippen molar-refractivity contribution in [2.45, 2.75) is 26.7 Å². The van der Waals surface area contributed by atoms with Crippen LogP contribution < -0.4 is 5.32 Å². The number of aromatic carboxylic acids is 1. The molecule has 0 fully saturated rings. The van der Waals surface area contributed by atoms with Crippen molar-refractivity contribution in [1.29, 1.82) is 0 Å². The van der Waals surface area contributed by atoms with Gasteiger partial charge >= 0.3 is 5.97 Å². The van der Waals surface area contributed by atoms with Crippen molar-refractivity contribution in [3.05, 3.63) is 31.7 Å². The molecule has 0 spiro atoms. The molecule has 0 aliphatic heterocycles. The molecule has 0 radical (unpaired) electrons. The van der Waals surface area contributed by atoms with Gasteiger partial charge in [-0.2, -0.15) is 0 Å². The maximum absolute atomic E-state index is 12.0. The number of amides is 1. The van der Waals surface area contributed by atoms with E-state index in [-0.39, 0.29) is 11.6 Å². The number of carbonyl (C=O) groups excluding carboxylic acids is 1. The number of nitrogens with zero attached hydrogens (tertiary/aromatic N) is 2. The Balaban J connectivity index is 1.88. The van der Waals surface area contributed by atoms with E-state index in [0.717, 1.165) is 17.1 Å². The standard InChI is InChI=1S/C13H15N3O3S2/c1-3-9-15-7(2)11(21-9)12(17)14-5-4-10-16-8(6-20-10)13(18)19/h6H,3-5H2,1-2H3,(H,14,17)(H,18,19). The number of carboxylic acid groups (broad SMARTS) is 1. The summed E-state index contributed by atoms with van der Waals surface area (Å²) in [4.78, 5) is 31.7. The van der Waals surface area contributed by atoms with Gasteiger partial charge in [-0.3, -0.25) is 4.79 Å². The third-order valence-corrected chi connectivity index (χ3v) is 4.95. The average Bonchev–Trinajstić information content (AvgIpc) is 3.05. The molecule has 21 heavy (non-hydrogen) atoms. The summed E-state index contributed by atoms with van der Waals surface area (Å²) < 4.78 is 0. The molecule has 2 aromatic heterocycles. The fraction of sp³-hybridized carbons (Fsp3) is 0.385. The highest BCUT2D eigenvalue weighted by molar-refractivity contribution is 7.13. The summed E-state index contributed by atoms with van der Waals surface area (Å²) in [6.45, 7) is 4.25. The van der Waals surface area contributed by atoms with Crippen LogP contribution in [0.4, 0.5) is 0 Å². The maximum atomic E-state index is 12.0. The van der Waals surface area contributed by atoms with Crippen molar-refractivity contribution >= 4 is 34.6 Å². The molecule has 0 aliphatic carbocycles. The quantitative estimate of drug-likeness (QED) is 0.849. The lowest BCUT2D eigenvalue weighted by atomic mass is 10.3. The molecule has 1 amide bonds. The first-order chi connectivity index (χ1) is 10.0. The summed E-state index contributed by atoms with van der Waals surface area (Å²) in [5.74, 6) is -1.17. The number of carboxylic acids is 1. The highest BCUT2D eigenvalue weighted by Crippen LogP contribution is 2.18. The Morgan fingerprint density at radius 1 is 1.33 bits per heavy atom. The van der Waals surface area contributed by atoms with Crippen LogP contribution in [-0.2, 0) is 12.8 Å². The van der Waals surface area contributed by atoms with Crippen LogP contribution in [0.15, 0.2) is 5.38 Å². The van der Waals surface area contributed by atoms with Gasteiger partial charge in [-0.05, 0) is 13.3 Å². The van der Waals surface area contributed by atoms with Crippen LogP contribution in [0.3, 0.4) is 0 Å². The van der Waals surface area contributed by atoms with E-state index in [4.69, 9.17) is 5.11 Å². The van der Waals surface area contributed by atoms with Crippen molar-refractivity contribution in [3.8, 4) is 0 Å². The molecule has 2 rings (SSSR count). The van der Waals surface area contributed by atoms with E-state index in [1.807, 2.05) is 13.8 Å². The van der Waals surface area contributed by atoms with Crippen LogP contribution >= 0.6 is 22.7 Å². The first kappa shape index (κ1) is 15.6. The van der Waals surface area contributed by atoms with Crippen molar-refractivity contribution in [1.82, 2.24) is 15.3 Å². The van der Waals surface area contributed by atoms with E-state index in [9.17, 15) is 9.59 Å². The number of hydrogen-bond donors (Lipinski definition) is 2. The Kier molecular flexibility index (Phi) is 5.03.